The summed E-state index contributed by atoms with van der Waals surface area (Å²) in [6.45, 7) is -0.763. The molecule has 1 aromatic carbocycles. The first-order valence-electron chi connectivity index (χ1n) is 5.72. The van der Waals surface area contributed by atoms with Crippen LogP contribution in [0.2, 0.25) is 0 Å². The molecule has 4 N–H and O–H groups in total. The molecule has 0 bridgehead atoms. The Kier molecular flexibility index (Phi) is 4.83. The molecule has 0 aromatic heterocycles. The smallest absolute Gasteiger partial charge is 0.399 e. The summed E-state index contributed by atoms with van der Waals surface area (Å²) in [7, 11) is 3.04. The summed E-state index contributed by atoms with van der Waals surface area (Å²) in [6, 6.07) is 4.24. The standard InChI is InChI=1S/C12H16F3N3O2/c1-18(2)11(20)8-4-3-7(16)5-9(8)17-6-10(19)12(13,14)15/h3-5,10,17,19H,6,16H2,1-2H3. The van der Waals surface area contributed by atoms with E-state index in [2.05, 4.69) is 5.32 Å². The second-order valence-electron chi connectivity index (χ2n) is 4.44. The second kappa shape index (κ2) is 6.00. The van der Waals surface area contributed by atoms with Crippen LogP contribution in [-0.2, 0) is 0 Å². The molecule has 0 heterocycles. The third kappa shape index (κ3) is 4.02. The molecule has 112 valence electrons. The zero-order chi connectivity index (χ0) is 15.5. The number of amides is 1. The number of nitrogens with zero attached hydrogens (tertiary/aromatic N) is 1. The number of halogens is 3. The van der Waals surface area contributed by atoms with Gasteiger partial charge in [0.1, 0.15) is 0 Å². The third-order valence-corrected chi connectivity index (χ3v) is 2.54. The Morgan fingerprint density at radius 3 is 2.55 bits per heavy atom. The maximum atomic E-state index is 12.2. The van der Waals surface area contributed by atoms with Crippen LogP contribution in [-0.4, -0.2) is 48.8 Å². The van der Waals surface area contributed by atoms with Crippen molar-refractivity contribution in [1.29, 1.82) is 0 Å². The molecule has 1 aromatic rings. The van der Waals surface area contributed by atoms with Crippen LogP contribution in [0, 0.1) is 0 Å². The van der Waals surface area contributed by atoms with Crippen molar-refractivity contribution in [3.63, 3.8) is 0 Å². The molecule has 0 aliphatic rings. The van der Waals surface area contributed by atoms with E-state index in [1.54, 1.807) is 0 Å². The minimum absolute atomic E-state index is 0.145. The first kappa shape index (κ1) is 16.1. The number of nitrogens with two attached hydrogens (primary N) is 1. The Balaban J connectivity index is 2.94. The average Bonchev–Trinajstić information content (AvgIpc) is 2.33. The van der Waals surface area contributed by atoms with Crippen molar-refractivity contribution in [2.75, 3.05) is 31.7 Å². The first-order chi connectivity index (χ1) is 9.12. The van der Waals surface area contributed by atoms with Crippen LogP contribution < -0.4 is 11.1 Å². The third-order valence-electron chi connectivity index (χ3n) is 2.54. The van der Waals surface area contributed by atoms with Gasteiger partial charge in [0.05, 0.1) is 5.56 Å². The van der Waals surface area contributed by atoms with Crippen LogP contribution in [0.25, 0.3) is 0 Å². The van der Waals surface area contributed by atoms with Gasteiger partial charge in [-0.1, -0.05) is 0 Å². The number of aliphatic hydroxyl groups excluding tert-OH is 1. The molecular weight excluding hydrogens is 275 g/mol. The lowest BCUT2D eigenvalue weighted by molar-refractivity contribution is -0.198. The largest absolute Gasteiger partial charge is 0.416 e. The SMILES string of the molecule is CN(C)C(=O)c1ccc(N)cc1NCC(O)C(F)(F)F. The molecule has 0 radical (unpaired) electrons. The fourth-order valence-corrected chi connectivity index (χ4v) is 1.46. The normalized spacial score (nSPS) is 12.9. The highest BCUT2D eigenvalue weighted by atomic mass is 19.4. The van der Waals surface area contributed by atoms with E-state index in [1.165, 1.54) is 37.2 Å². The van der Waals surface area contributed by atoms with Gasteiger partial charge in [-0.2, -0.15) is 13.2 Å². The summed E-state index contributed by atoms with van der Waals surface area (Å²) in [6.07, 6.45) is -7.25. The van der Waals surface area contributed by atoms with Crippen molar-refractivity contribution in [1.82, 2.24) is 4.90 Å². The lowest BCUT2D eigenvalue weighted by Crippen LogP contribution is -2.35. The molecule has 1 unspecified atom stereocenters. The summed E-state index contributed by atoms with van der Waals surface area (Å²) >= 11 is 0. The number of rotatable bonds is 4. The molecule has 0 saturated heterocycles. The topological polar surface area (TPSA) is 78.6 Å². The molecular formula is C12H16F3N3O2. The van der Waals surface area contributed by atoms with E-state index in [4.69, 9.17) is 10.8 Å². The molecule has 5 nitrogen and oxygen atoms in total. The van der Waals surface area contributed by atoms with Gasteiger partial charge in [-0.05, 0) is 18.2 Å². The first-order valence-corrected chi connectivity index (χ1v) is 5.72. The van der Waals surface area contributed by atoms with Crippen LogP contribution in [0.15, 0.2) is 18.2 Å². The molecule has 0 saturated carbocycles. The fraction of sp³-hybridized carbons (Fsp3) is 0.417. The number of carbonyl (C=O) groups excluding carboxylic acids is 1. The number of nitrogen functional groups attached to an aromatic ring is 1. The summed E-state index contributed by atoms with van der Waals surface area (Å²) in [5.74, 6) is -0.381. The molecule has 8 heteroatoms. The maximum Gasteiger partial charge on any atom is 0.416 e. The monoisotopic (exact) mass is 291 g/mol. The van der Waals surface area contributed by atoms with Gasteiger partial charge < -0.3 is 21.1 Å². The molecule has 0 spiro atoms. The van der Waals surface area contributed by atoms with Crippen LogP contribution in [0.1, 0.15) is 10.4 Å². The van der Waals surface area contributed by atoms with Crippen LogP contribution >= 0.6 is 0 Å². The number of hydrogen-bond donors (Lipinski definition) is 3. The van der Waals surface area contributed by atoms with Crippen LogP contribution in [0.5, 0.6) is 0 Å². The van der Waals surface area contributed by atoms with E-state index in [0.29, 0.717) is 5.69 Å². The van der Waals surface area contributed by atoms with Crippen molar-refractivity contribution in [3.05, 3.63) is 23.8 Å². The Hall–Kier alpha value is -1.96. The maximum absolute atomic E-state index is 12.2. The second-order valence-corrected chi connectivity index (χ2v) is 4.44. The summed E-state index contributed by atoms with van der Waals surface area (Å²) in [5, 5.41) is 11.3. The predicted molar refractivity (Wildman–Crippen MR) is 69.4 cm³/mol. The average molecular weight is 291 g/mol. The Morgan fingerprint density at radius 1 is 1.45 bits per heavy atom. The number of nitrogens with one attached hydrogen (secondary N) is 1. The Labute approximate surface area is 114 Å². The molecule has 20 heavy (non-hydrogen) atoms. The van der Waals surface area contributed by atoms with E-state index in [-0.39, 0.29) is 17.2 Å². The number of alkyl halides is 3. The van der Waals surface area contributed by atoms with E-state index >= 15 is 0 Å². The van der Waals surface area contributed by atoms with Crippen LogP contribution in [0.4, 0.5) is 24.5 Å². The van der Waals surface area contributed by atoms with Gasteiger partial charge in [-0.3, -0.25) is 4.79 Å². The predicted octanol–water partition coefficient (Wildman–Crippen LogP) is 1.31. The molecule has 0 aliphatic carbocycles. The van der Waals surface area contributed by atoms with E-state index in [1.807, 2.05) is 0 Å². The number of aliphatic hydroxyl groups is 1. The van der Waals surface area contributed by atoms with Gasteiger partial charge in [0, 0.05) is 32.0 Å². The van der Waals surface area contributed by atoms with Gasteiger partial charge in [0.2, 0.25) is 0 Å². The quantitative estimate of drug-likeness (QED) is 0.731. The Morgan fingerprint density at radius 2 is 2.05 bits per heavy atom. The van der Waals surface area contributed by atoms with Crippen molar-refractivity contribution >= 4 is 17.3 Å². The Bertz CT molecular complexity index is 489. The number of anilines is 2. The van der Waals surface area contributed by atoms with E-state index in [0.717, 1.165) is 0 Å². The van der Waals surface area contributed by atoms with E-state index in [9.17, 15) is 18.0 Å². The number of carbonyl (C=O) groups is 1. The van der Waals surface area contributed by atoms with Crippen molar-refractivity contribution in [3.8, 4) is 0 Å². The van der Waals surface area contributed by atoms with Crippen molar-refractivity contribution < 1.29 is 23.1 Å². The summed E-state index contributed by atoms with van der Waals surface area (Å²) in [4.78, 5) is 13.2. The number of hydrogen-bond acceptors (Lipinski definition) is 4. The molecule has 1 rings (SSSR count). The van der Waals surface area contributed by atoms with Crippen molar-refractivity contribution in [2.24, 2.45) is 0 Å². The fourth-order valence-electron chi connectivity index (χ4n) is 1.46. The minimum atomic E-state index is -4.72. The van der Waals surface area contributed by atoms with E-state index < -0.39 is 18.8 Å². The number of benzene rings is 1. The summed E-state index contributed by atoms with van der Waals surface area (Å²) in [5.41, 5.74) is 6.17. The minimum Gasteiger partial charge on any atom is -0.399 e. The zero-order valence-corrected chi connectivity index (χ0v) is 11.0. The lowest BCUT2D eigenvalue weighted by atomic mass is 10.1. The van der Waals surface area contributed by atoms with Gasteiger partial charge in [-0.15, -0.1) is 0 Å². The molecule has 1 atom stereocenters. The van der Waals surface area contributed by atoms with Crippen LogP contribution in [0.3, 0.4) is 0 Å². The molecule has 1 amide bonds. The van der Waals surface area contributed by atoms with Gasteiger partial charge >= 0.3 is 6.18 Å². The molecule has 0 aliphatic heterocycles. The molecule has 0 fully saturated rings. The highest BCUT2D eigenvalue weighted by Crippen LogP contribution is 2.23. The van der Waals surface area contributed by atoms with Gasteiger partial charge in [-0.25, -0.2) is 0 Å². The zero-order valence-electron chi connectivity index (χ0n) is 11.0. The highest BCUT2D eigenvalue weighted by Gasteiger charge is 2.38. The lowest BCUT2D eigenvalue weighted by Gasteiger charge is -2.19. The van der Waals surface area contributed by atoms with Gasteiger partial charge in [0.15, 0.2) is 6.10 Å². The highest BCUT2D eigenvalue weighted by molar-refractivity contribution is 6.00. The summed E-state index contributed by atoms with van der Waals surface area (Å²) < 4.78 is 36.7. The van der Waals surface area contributed by atoms with Gasteiger partial charge in [0.25, 0.3) is 5.91 Å². The van der Waals surface area contributed by atoms with Crippen molar-refractivity contribution in [2.45, 2.75) is 12.3 Å².